The number of benzene rings is 1. The van der Waals surface area contributed by atoms with E-state index in [2.05, 4.69) is 10.2 Å². The number of carboxylic acid groups (broad SMARTS) is 1. The number of piperidine rings is 2. The van der Waals surface area contributed by atoms with Crippen molar-refractivity contribution in [2.75, 3.05) is 19.6 Å². The Bertz CT molecular complexity index is 907. The van der Waals surface area contributed by atoms with E-state index in [1.54, 1.807) is 11.6 Å². The lowest BCUT2D eigenvalue weighted by Crippen LogP contribution is -2.62. The molecule has 2 atom stereocenters. The van der Waals surface area contributed by atoms with Gasteiger partial charge in [-0.3, -0.25) is 14.5 Å². The van der Waals surface area contributed by atoms with Gasteiger partial charge < -0.3 is 15.0 Å². The van der Waals surface area contributed by atoms with Crippen LogP contribution in [0.4, 0.5) is 0 Å². The smallest absolute Gasteiger partial charge is 0.312 e. The summed E-state index contributed by atoms with van der Waals surface area (Å²) >= 11 is 0. The van der Waals surface area contributed by atoms with E-state index in [0.29, 0.717) is 19.5 Å². The molecule has 2 N–H and O–H groups in total. The van der Waals surface area contributed by atoms with Crippen molar-refractivity contribution in [3.05, 3.63) is 46.2 Å². The molecule has 4 rings (SSSR count). The molecule has 0 unspecified atom stereocenters. The predicted octanol–water partition coefficient (Wildman–Crippen LogP) is 1.57. The van der Waals surface area contributed by atoms with Crippen LogP contribution in [0.3, 0.4) is 0 Å². The van der Waals surface area contributed by atoms with Gasteiger partial charge in [-0.2, -0.15) is 0 Å². The first-order valence-corrected chi connectivity index (χ1v) is 9.28. The number of carbonyl (C=O) groups is 1. The van der Waals surface area contributed by atoms with E-state index in [1.807, 2.05) is 30.3 Å². The van der Waals surface area contributed by atoms with Gasteiger partial charge in [0.05, 0.1) is 10.9 Å². The molecule has 2 aromatic rings. The SMILES string of the molecule is Cn1c(=O)c(CN2CC[C@H]3NCCC[C@]3(C(=O)O)C2)cc2ccccc21. The van der Waals surface area contributed by atoms with Crippen molar-refractivity contribution in [3.63, 3.8) is 0 Å². The lowest BCUT2D eigenvalue weighted by atomic mass is 9.70. The number of aryl methyl sites for hydroxylation is 1. The molecular formula is C20H25N3O3. The summed E-state index contributed by atoms with van der Waals surface area (Å²) in [7, 11) is 1.80. The van der Waals surface area contributed by atoms with Gasteiger partial charge >= 0.3 is 5.97 Å². The number of nitrogens with zero attached hydrogens (tertiary/aromatic N) is 2. The van der Waals surface area contributed by atoms with Gasteiger partial charge in [0.25, 0.3) is 5.56 Å². The number of carboxylic acids is 1. The molecule has 1 aromatic heterocycles. The van der Waals surface area contributed by atoms with Crippen molar-refractivity contribution >= 4 is 16.9 Å². The number of aliphatic carboxylic acids is 1. The summed E-state index contributed by atoms with van der Waals surface area (Å²) in [5, 5.41) is 14.3. The van der Waals surface area contributed by atoms with Gasteiger partial charge in [-0.15, -0.1) is 0 Å². The van der Waals surface area contributed by atoms with Crippen molar-refractivity contribution in [2.24, 2.45) is 12.5 Å². The molecular weight excluding hydrogens is 330 g/mol. The Morgan fingerprint density at radius 2 is 2.19 bits per heavy atom. The van der Waals surface area contributed by atoms with Crippen LogP contribution >= 0.6 is 0 Å². The molecule has 0 saturated carbocycles. The minimum absolute atomic E-state index is 0.00281. The number of rotatable bonds is 3. The highest BCUT2D eigenvalue weighted by Crippen LogP contribution is 2.38. The average Bonchev–Trinajstić information content (AvgIpc) is 2.65. The summed E-state index contributed by atoms with van der Waals surface area (Å²) in [6, 6.07) is 9.84. The van der Waals surface area contributed by atoms with E-state index >= 15 is 0 Å². The number of pyridine rings is 1. The second-order valence-electron chi connectivity index (χ2n) is 7.66. The predicted molar refractivity (Wildman–Crippen MR) is 100 cm³/mol. The third-order valence-electron chi connectivity index (χ3n) is 6.12. The van der Waals surface area contributed by atoms with Crippen molar-refractivity contribution in [2.45, 2.75) is 31.8 Å². The van der Waals surface area contributed by atoms with Crippen molar-refractivity contribution in [3.8, 4) is 0 Å². The van der Waals surface area contributed by atoms with E-state index in [-0.39, 0.29) is 11.6 Å². The summed E-state index contributed by atoms with van der Waals surface area (Å²) in [4.78, 5) is 27.0. The molecule has 2 aliphatic heterocycles. The molecule has 1 aromatic carbocycles. The highest BCUT2D eigenvalue weighted by atomic mass is 16.4. The second kappa shape index (κ2) is 6.52. The number of fused-ring (bicyclic) bond motifs is 2. The topological polar surface area (TPSA) is 74.6 Å². The highest BCUT2D eigenvalue weighted by molar-refractivity contribution is 5.79. The number of nitrogens with one attached hydrogen (secondary N) is 1. The number of likely N-dealkylation sites (tertiary alicyclic amines) is 1. The first-order chi connectivity index (χ1) is 12.5. The third-order valence-corrected chi connectivity index (χ3v) is 6.12. The highest BCUT2D eigenvalue weighted by Gasteiger charge is 2.50. The first-order valence-electron chi connectivity index (χ1n) is 9.28. The molecule has 0 aliphatic carbocycles. The monoisotopic (exact) mass is 355 g/mol. The molecule has 2 saturated heterocycles. The maximum Gasteiger partial charge on any atom is 0.312 e. The fraction of sp³-hybridized carbons (Fsp3) is 0.500. The lowest BCUT2D eigenvalue weighted by Gasteiger charge is -2.48. The number of hydrogen-bond donors (Lipinski definition) is 2. The van der Waals surface area contributed by atoms with Gasteiger partial charge in [0.2, 0.25) is 0 Å². The van der Waals surface area contributed by atoms with Gasteiger partial charge in [-0.05, 0) is 43.3 Å². The minimum Gasteiger partial charge on any atom is -0.481 e. The Morgan fingerprint density at radius 1 is 1.38 bits per heavy atom. The van der Waals surface area contributed by atoms with Crippen LogP contribution in [0.5, 0.6) is 0 Å². The Kier molecular flexibility index (Phi) is 4.32. The van der Waals surface area contributed by atoms with Gasteiger partial charge in [-0.25, -0.2) is 0 Å². The van der Waals surface area contributed by atoms with Crippen molar-refractivity contribution < 1.29 is 9.90 Å². The molecule has 26 heavy (non-hydrogen) atoms. The molecule has 6 nitrogen and oxygen atoms in total. The number of para-hydroxylation sites is 1. The minimum atomic E-state index is -0.738. The Labute approximate surface area is 152 Å². The molecule has 6 heteroatoms. The van der Waals surface area contributed by atoms with Gasteiger partial charge in [0, 0.05) is 38.3 Å². The van der Waals surface area contributed by atoms with Crippen LogP contribution in [0, 0.1) is 5.41 Å². The zero-order valence-electron chi connectivity index (χ0n) is 15.1. The molecule has 3 heterocycles. The molecule has 138 valence electrons. The van der Waals surface area contributed by atoms with E-state index in [1.165, 1.54) is 0 Å². The van der Waals surface area contributed by atoms with Gasteiger partial charge in [0.15, 0.2) is 0 Å². The van der Waals surface area contributed by atoms with Crippen LogP contribution in [0.15, 0.2) is 35.1 Å². The molecule has 0 radical (unpaired) electrons. The summed E-state index contributed by atoms with van der Waals surface area (Å²) in [6.45, 7) is 2.70. The first kappa shape index (κ1) is 17.2. The second-order valence-corrected chi connectivity index (χ2v) is 7.66. The zero-order chi connectivity index (χ0) is 18.3. The number of aromatic nitrogens is 1. The standard InChI is InChI=1S/C20H25N3O3/c1-22-16-6-3-2-5-14(16)11-15(18(22)24)12-23-10-7-17-20(13-23,19(25)26)8-4-9-21-17/h2-3,5-6,11,17,21H,4,7-10,12-13H2,1H3,(H,25,26)/t17-,20+/m1/s1. The maximum absolute atomic E-state index is 12.8. The average molecular weight is 355 g/mol. The van der Waals surface area contributed by atoms with Crippen LogP contribution in [-0.4, -0.2) is 46.2 Å². The van der Waals surface area contributed by atoms with E-state index in [4.69, 9.17) is 0 Å². The fourth-order valence-corrected chi connectivity index (χ4v) is 4.71. The van der Waals surface area contributed by atoms with Crippen LogP contribution in [0.2, 0.25) is 0 Å². The van der Waals surface area contributed by atoms with E-state index < -0.39 is 11.4 Å². The summed E-state index contributed by atoms with van der Waals surface area (Å²) < 4.78 is 1.69. The van der Waals surface area contributed by atoms with E-state index in [9.17, 15) is 14.7 Å². The normalized spacial score (nSPS) is 26.6. The largest absolute Gasteiger partial charge is 0.481 e. The summed E-state index contributed by atoms with van der Waals surface area (Å²) in [5.74, 6) is -0.717. The number of hydrogen-bond acceptors (Lipinski definition) is 4. The lowest BCUT2D eigenvalue weighted by molar-refractivity contribution is -0.157. The maximum atomic E-state index is 12.8. The van der Waals surface area contributed by atoms with Crippen molar-refractivity contribution in [1.29, 1.82) is 0 Å². The Hall–Kier alpha value is -2.18. The van der Waals surface area contributed by atoms with Gasteiger partial charge in [0.1, 0.15) is 0 Å². The van der Waals surface area contributed by atoms with E-state index in [0.717, 1.165) is 42.4 Å². The molecule has 2 fully saturated rings. The third kappa shape index (κ3) is 2.73. The fourth-order valence-electron chi connectivity index (χ4n) is 4.71. The Balaban J connectivity index is 1.64. The molecule has 2 aliphatic rings. The van der Waals surface area contributed by atoms with Crippen LogP contribution < -0.4 is 10.9 Å². The Morgan fingerprint density at radius 3 is 3.00 bits per heavy atom. The van der Waals surface area contributed by atoms with Crippen LogP contribution in [0.1, 0.15) is 24.8 Å². The quantitative estimate of drug-likeness (QED) is 0.874. The molecule has 0 spiro atoms. The zero-order valence-corrected chi connectivity index (χ0v) is 15.1. The molecule has 0 amide bonds. The van der Waals surface area contributed by atoms with Gasteiger partial charge in [-0.1, -0.05) is 18.2 Å². The summed E-state index contributed by atoms with van der Waals surface area (Å²) in [6.07, 6.45) is 2.39. The summed E-state index contributed by atoms with van der Waals surface area (Å²) in [5.41, 5.74) is 0.905. The molecule has 0 bridgehead atoms. The van der Waals surface area contributed by atoms with Crippen LogP contribution in [-0.2, 0) is 18.4 Å². The van der Waals surface area contributed by atoms with Crippen molar-refractivity contribution in [1.82, 2.24) is 14.8 Å². The van der Waals surface area contributed by atoms with Crippen LogP contribution in [0.25, 0.3) is 10.9 Å².